The number of thioether (sulfide) groups is 1. The van der Waals surface area contributed by atoms with Gasteiger partial charge in [0, 0.05) is 18.8 Å². The Bertz CT molecular complexity index is 907. The fourth-order valence-electron chi connectivity index (χ4n) is 3.40. The highest BCUT2D eigenvalue weighted by Crippen LogP contribution is 2.24. The Balaban J connectivity index is 2.13. The maximum Gasteiger partial charge on any atom is 0.242 e. The minimum absolute atomic E-state index is 0.0637. The average Bonchev–Trinajstić information content (AvgIpc) is 2.76. The molecule has 0 saturated carbocycles. The summed E-state index contributed by atoms with van der Waals surface area (Å²) in [6.07, 6.45) is 2.45. The second-order valence-electron chi connectivity index (χ2n) is 7.82. The molecule has 4 nitrogen and oxygen atoms in total. The molecule has 7 heteroatoms. The summed E-state index contributed by atoms with van der Waals surface area (Å²) >= 11 is 13.8. The van der Waals surface area contributed by atoms with Crippen LogP contribution in [0.4, 0.5) is 0 Å². The molecule has 0 aromatic heterocycles. The number of benzene rings is 2. The van der Waals surface area contributed by atoms with Gasteiger partial charge < -0.3 is 10.2 Å². The van der Waals surface area contributed by atoms with Gasteiger partial charge in [0.25, 0.3) is 0 Å². The van der Waals surface area contributed by atoms with E-state index in [1.54, 1.807) is 28.8 Å². The molecule has 2 rings (SSSR count). The molecule has 0 aliphatic rings. The van der Waals surface area contributed by atoms with Crippen LogP contribution in [0.2, 0.25) is 10.0 Å². The SMILES string of the molecule is CCCCNC(=O)[C@@H](CC)N(Cc1ccc(Cl)c(Cl)c1)C(=O)CSCc1cccc(C)c1. The van der Waals surface area contributed by atoms with Crippen molar-refractivity contribution in [1.29, 1.82) is 0 Å². The number of hydrogen-bond donors (Lipinski definition) is 1. The summed E-state index contributed by atoms with van der Waals surface area (Å²) in [5, 5.41) is 3.88. The van der Waals surface area contributed by atoms with E-state index in [9.17, 15) is 9.59 Å². The van der Waals surface area contributed by atoms with E-state index in [1.807, 2.05) is 19.1 Å². The number of hydrogen-bond acceptors (Lipinski definition) is 3. The summed E-state index contributed by atoms with van der Waals surface area (Å²) in [5.41, 5.74) is 3.23. The van der Waals surface area contributed by atoms with Gasteiger partial charge in [-0.3, -0.25) is 9.59 Å². The highest BCUT2D eigenvalue weighted by molar-refractivity contribution is 7.99. The van der Waals surface area contributed by atoms with Gasteiger partial charge in [0.15, 0.2) is 0 Å². The lowest BCUT2D eigenvalue weighted by Gasteiger charge is -2.30. The molecule has 0 fully saturated rings. The fourth-order valence-corrected chi connectivity index (χ4v) is 4.58. The van der Waals surface area contributed by atoms with Gasteiger partial charge in [-0.05, 0) is 43.0 Å². The van der Waals surface area contributed by atoms with E-state index in [1.165, 1.54) is 11.1 Å². The van der Waals surface area contributed by atoms with Crippen molar-refractivity contribution in [2.24, 2.45) is 0 Å². The first-order valence-electron chi connectivity index (χ1n) is 11.0. The van der Waals surface area contributed by atoms with E-state index < -0.39 is 6.04 Å². The van der Waals surface area contributed by atoms with Gasteiger partial charge in [-0.25, -0.2) is 0 Å². The van der Waals surface area contributed by atoms with Crippen LogP contribution >= 0.6 is 35.0 Å². The van der Waals surface area contributed by atoms with Crippen molar-refractivity contribution in [2.75, 3.05) is 12.3 Å². The van der Waals surface area contributed by atoms with Crippen molar-refractivity contribution >= 4 is 46.8 Å². The predicted octanol–water partition coefficient (Wildman–Crippen LogP) is 6.26. The number of aryl methyl sites for hydroxylation is 1. The Morgan fingerprint density at radius 1 is 1.06 bits per heavy atom. The van der Waals surface area contributed by atoms with Crippen molar-refractivity contribution in [3.05, 3.63) is 69.2 Å². The van der Waals surface area contributed by atoms with Gasteiger partial charge in [0.05, 0.1) is 15.8 Å². The number of unbranched alkanes of at least 4 members (excludes halogenated alkanes) is 1. The molecule has 1 atom stereocenters. The molecule has 0 unspecified atom stereocenters. The van der Waals surface area contributed by atoms with Crippen LogP contribution in [0.1, 0.15) is 49.8 Å². The predicted molar refractivity (Wildman–Crippen MR) is 136 cm³/mol. The quantitative estimate of drug-likeness (QED) is 0.354. The van der Waals surface area contributed by atoms with Crippen molar-refractivity contribution in [3.63, 3.8) is 0 Å². The van der Waals surface area contributed by atoms with E-state index >= 15 is 0 Å². The van der Waals surface area contributed by atoms with Crippen LogP contribution in [-0.2, 0) is 21.9 Å². The molecule has 0 saturated heterocycles. The first-order valence-corrected chi connectivity index (χ1v) is 12.9. The molecule has 2 aromatic rings. The number of carbonyl (C=O) groups is 2. The highest BCUT2D eigenvalue weighted by Gasteiger charge is 2.28. The molecule has 2 aromatic carbocycles. The summed E-state index contributed by atoms with van der Waals surface area (Å²) in [7, 11) is 0. The topological polar surface area (TPSA) is 49.4 Å². The van der Waals surface area contributed by atoms with E-state index in [0.717, 1.165) is 24.2 Å². The van der Waals surface area contributed by atoms with Gasteiger partial charge in [0.1, 0.15) is 6.04 Å². The molecule has 174 valence electrons. The lowest BCUT2D eigenvalue weighted by molar-refractivity contribution is -0.139. The summed E-state index contributed by atoms with van der Waals surface area (Å²) < 4.78 is 0. The largest absolute Gasteiger partial charge is 0.354 e. The molecule has 32 heavy (non-hydrogen) atoms. The van der Waals surface area contributed by atoms with Crippen LogP contribution in [0.5, 0.6) is 0 Å². The minimum atomic E-state index is -0.534. The molecule has 0 spiro atoms. The molecule has 2 amide bonds. The first kappa shape index (κ1) is 26.6. The third-order valence-corrected chi connectivity index (χ3v) is 6.86. The Hall–Kier alpha value is -1.69. The zero-order valence-corrected chi connectivity index (χ0v) is 21.3. The van der Waals surface area contributed by atoms with Crippen molar-refractivity contribution < 1.29 is 9.59 Å². The number of rotatable bonds is 12. The average molecular weight is 496 g/mol. The molecule has 1 N–H and O–H groups in total. The van der Waals surface area contributed by atoms with Gasteiger partial charge in [0.2, 0.25) is 11.8 Å². The molecule has 0 heterocycles. The minimum Gasteiger partial charge on any atom is -0.354 e. The van der Waals surface area contributed by atoms with Crippen LogP contribution in [0.25, 0.3) is 0 Å². The van der Waals surface area contributed by atoms with Crippen LogP contribution in [0, 0.1) is 6.92 Å². The first-order chi connectivity index (χ1) is 15.3. The Labute approximate surface area is 206 Å². The number of carbonyl (C=O) groups excluding carboxylic acids is 2. The second kappa shape index (κ2) is 13.8. The van der Waals surface area contributed by atoms with Gasteiger partial charge in [-0.2, -0.15) is 0 Å². The third-order valence-electron chi connectivity index (χ3n) is 5.13. The third kappa shape index (κ3) is 8.34. The molecular weight excluding hydrogens is 463 g/mol. The van der Waals surface area contributed by atoms with E-state index in [0.29, 0.717) is 35.3 Å². The standard InChI is InChI=1S/C25H32Cl2N2O2S/c1-4-6-12-28-25(31)23(5-2)29(15-19-10-11-21(26)22(27)14-19)24(30)17-32-16-20-9-7-8-18(3)13-20/h7-11,13-14,23H,4-6,12,15-17H2,1-3H3,(H,28,31)/t23-/m1/s1. The van der Waals surface area contributed by atoms with E-state index in [4.69, 9.17) is 23.2 Å². The summed E-state index contributed by atoms with van der Waals surface area (Å²) in [4.78, 5) is 27.8. The number of halogens is 2. The number of amides is 2. The fraction of sp³-hybridized carbons (Fsp3) is 0.440. The smallest absolute Gasteiger partial charge is 0.242 e. The van der Waals surface area contributed by atoms with E-state index in [2.05, 4.69) is 37.4 Å². The van der Waals surface area contributed by atoms with E-state index in [-0.39, 0.29) is 11.8 Å². The molecule has 0 aliphatic heterocycles. The number of nitrogens with zero attached hydrogens (tertiary/aromatic N) is 1. The zero-order chi connectivity index (χ0) is 23.5. The van der Waals surface area contributed by atoms with Crippen LogP contribution < -0.4 is 5.32 Å². The van der Waals surface area contributed by atoms with Gasteiger partial charge in [-0.1, -0.05) is 79.4 Å². The van der Waals surface area contributed by atoms with Crippen LogP contribution in [0.15, 0.2) is 42.5 Å². The maximum absolute atomic E-state index is 13.3. The Morgan fingerprint density at radius 2 is 1.84 bits per heavy atom. The van der Waals surface area contributed by atoms with Crippen LogP contribution in [0.3, 0.4) is 0 Å². The summed E-state index contributed by atoms with van der Waals surface area (Å²) in [6.45, 7) is 6.98. The molecular formula is C25H32Cl2N2O2S. The second-order valence-corrected chi connectivity index (χ2v) is 9.62. The molecule has 0 radical (unpaired) electrons. The monoisotopic (exact) mass is 494 g/mol. The normalized spacial score (nSPS) is 11.8. The highest BCUT2D eigenvalue weighted by atomic mass is 35.5. The van der Waals surface area contributed by atoms with Gasteiger partial charge >= 0.3 is 0 Å². The Morgan fingerprint density at radius 3 is 2.50 bits per heavy atom. The lowest BCUT2D eigenvalue weighted by Crippen LogP contribution is -2.49. The molecule has 0 aliphatic carbocycles. The van der Waals surface area contributed by atoms with Crippen LogP contribution in [-0.4, -0.2) is 35.1 Å². The van der Waals surface area contributed by atoms with Crippen molar-refractivity contribution in [1.82, 2.24) is 10.2 Å². The van der Waals surface area contributed by atoms with Crippen molar-refractivity contribution in [2.45, 2.75) is 58.4 Å². The lowest BCUT2D eigenvalue weighted by atomic mass is 10.1. The number of nitrogens with one attached hydrogen (secondary N) is 1. The van der Waals surface area contributed by atoms with Crippen molar-refractivity contribution in [3.8, 4) is 0 Å². The van der Waals surface area contributed by atoms with Gasteiger partial charge in [-0.15, -0.1) is 11.8 Å². The Kier molecular flexibility index (Phi) is 11.4. The summed E-state index contributed by atoms with van der Waals surface area (Å²) in [6, 6.07) is 13.1. The zero-order valence-electron chi connectivity index (χ0n) is 19.0. The summed E-state index contributed by atoms with van der Waals surface area (Å²) in [5.74, 6) is 0.867. The maximum atomic E-state index is 13.3. The molecule has 0 bridgehead atoms.